The van der Waals surface area contributed by atoms with Crippen molar-refractivity contribution < 1.29 is 4.79 Å². The topological polar surface area (TPSA) is 53.9 Å². The summed E-state index contributed by atoms with van der Waals surface area (Å²) < 4.78 is 1.93. The van der Waals surface area contributed by atoms with E-state index in [0.29, 0.717) is 12.5 Å². The molecule has 130 valence electrons. The number of fused-ring (bicyclic) bond motifs is 1. The maximum Gasteiger partial charge on any atom is 0.222 e. The number of aromatic amines is 1. The van der Waals surface area contributed by atoms with Gasteiger partial charge in [0, 0.05) is 42.5 Å². The molecule has 4 rings (SSSR count). The van der Waals surface area contributed by atoms with E-state index in [4.69, 9.17) is 0 Å². The van der Waals surface area contributed by atoms with E-state index in [1.807, 2.05) is 23.0 Å². The Hall–Kier alpha value is -2.56. The van der Waals surface area contributed by atoms with E-state index in [2.05, 4.69) is 39.4 Å². The number of benzene rings is 1. The third kappa shape index (κ3) is 3.45. The Balaban J connectivity index is 1.32. The van der Waals surface area contributed by atoms with Crippen LogP contribution < -0.4 is 0 Å². The average molecular weight is 336 g/mol. The van der Waals surface area contributed by atoms with Crippen molar-refractivity contribution in [2.45, 2.75) is 44.7 Å². The Kier molecular flexibility index (Phi) is 4.55. The lowest BCUT2D eigenvalue weighted by atomic mass is 10.1. The van der Waals surface area contributed by atoms with E-state index in [0.717, 1.165) is 38.8 Å². The van der Waals surface area contributed by atoms with E-state index in [1.165, 1.54) is 16.5 Å². The normalized spacial score (nSPS) is 17.4. The number of nitrogens with zero attached hydrogens (tertiary/aromatic N) is 3. The maximum atomic E-state index is 12.7. The first-order chi connectivity index (χ1) is 12.3. The summed E-state index contributed by atoms with van der Waals surface area (Å²) >= 11 is 0. The molecule has 3 heterocycles. The van der Waals surface area contributed by atoms with Gasteiger partial charge in [0.05, 0.1) is 12.6 Å². The molecule has 1 saturated heterocycles. The highest BCUT2D eigenvalue weighted by atomic mass is 16.2. The number of nitrogens with one attached hydrogen (secondary N) is 1. The van der Waals surface area contributed by atoms with Gasteiger partial charge in [-0.1, -0.05) is 18.2 Å². The molecule has 1 N–H and O–H groups in total. The van der Waals surface area contributed by atoms with Crippen molar-refractivity contribution in [1.82, 2.24) is 19.7 Å². The van der Waals surface area contributed by atoms with Gasteiger partial charge < -0.3 is 9.88 Å². The summed E-state index contributed by atoms with van der Waals surface area (Å²) in [4.78, 5) is 18.0. The number of amides is 1. The quantitative estimate of drug-likeness (QED) is 0.750. The summed E-state index contributed by atoms with van der Waals surface area (Å²) in [7, 11) is 0. The molecule has 1 atom stereocenters. The molecule has 5 heteroatoms. The lowest BCUT2D eigenvalue weighted by Crippen LogP contribution is -2.38. The van der Waals surface area contributed by atoms with Crippen molar-refractivity contribution in [3.05, 3.63) is 54.5 Å². The number of aromatic nitrogens is 3. The zero-order chi connectivity index (χ0) is 17.1. The van der Waals surface area contributed by atoms with Gasteiger partial charge in [-0.2, -0.15) is 5.10 Å². The van der Waals surface area contributed by atoms with Crippen LogP contribution in [0.2, 0.25) is 0 Å². The average Bonchev–Trinajstić information content (AvgIpc) is 3.36. The van der Waals surface area contributed by atoms with Gasteiger partial charge in [0.15, 0.2) is 0 Å². The highest BCUT2D eigenvalue weighted by Gasteiger charge is 2.28. The number of para-hydroxylation sites is 1. The van der Waals surface area contributed by atoms with E-state index in [-0.39, 0.29) is 5.91 Å². The molecule has 5 nitrogen and oxygen atoms in total. The third-order valence-corrected chi connectivity index (χ3v) is 5.17. The highest BCUT2D eigenvalue weighted by Crippen LogP contribution is 2.22. The van der Waals surface area contributed by atoms with Crippen molar-refractivity contribution in [1.29, 1.82) is 0 Å². The van der Waals surface area contributed by atoms with Crippen LogP contribution in [0.1, 0.15) is 31.2 Å². The molecule has 0 radical (unpaired) electrons. The summed E-state index contributed by atoms with van der Waals surface area (Å²) in [5.74, 6) is 0.287. The van der Waals surface area contributed by atoms with Crippen LogP contribution in [0.4, 0.5) is 0 Å². The van der Waals surface area contributed by atoms with Crippen LogP contribution in [-0.4, -0.2) is 38.2 Å². The summed E-state index contributed by atoms with van der Waals surface area (Å²) in [5.41, 5.74) is 2.47. The summed E-state index contributed by atoms with van der Waals surface area (Å²) in [6.07, 6.45) is 10.5. The predicted molar refractivity (Wildman–Crippen MR) is 98.2 cm³/mol. The van der Waals surface area contributed by atoms with Crippen molar-refractivity contribution in [3.8, 4) is 0 Å². The Morgan fingerprint density at radius 1 is 1.28 bits per heavy atom. The molecule has 1 fully saturated rings. The van der Waals surface area contributed by atoms with Crippen molar-refractivity contribution in [3.63, 3.8) is 0 Å². The van der Waals surface area contributed by atoms with Gasteiger partial charge in [-0.15, -0.1) is 0 Å². The first kappa shape index (κ1) is 15.9. The van der Waals surface area contributed by atoms with Crippen molar-refractivity contribution >= 4 is 16.8 Å². The van der Waals surface area contributed by atoms with Gasteiger partial charge in [0.1, 0.15) is 0 Å². The number of likely N-dealkylation sites (tertiary alicyclic amines) is 1. The van der Waals surface area contributed by atoms with Crippen LogP contribution in [0.25, 0.3) is 10.9 Å². The van der Waals surface area contributed by atoms with Crippen LogP contribution in [-0.2, 0) is 17.8 Å². The predicted octanol–water partition coefficient (Wildman–Crippen LogP) is 3.38. The molecule has 1 aliphatic heterocycles. The van der Waals surface area contributed by atoms with Crippen molar-refractivity contribution in [2.24, 2.45) is 0 Å². The smallest absolute Gasteiger partial charge is 0.222 e. The molecule has 25 heavy (non-hydrogen) atoms. The number of carbonyl (C=O) groups excluding carboxylic acids is 1. The number of aryl methyl sites for hydroxylation is 1. The minimum atomic E-state index is 0.287. The molecule has 1 aromatic carbocycles. The molecule has 0 aliphatic carbocycles. The largest absolute Gasteiger partial charge is 0.361 e. The number of hydrogen-bond acceptors (Lipinski definition) is 2. The van der Waals surface area contributed by atoms with Gasteiger partial charge in [-0.05, 0) is 43.4 Å². The first-order valence-corrected chi connectivity index (χ1v) is 9.13. The molecular weight excluding hydrogens is 312 g/mol. The van der Waals surface area contributed by atoms with E-state index in [9.17, 15) is 4.79 Å². The van der Waals surface area contributed by atoms with Gasteiger partial charge in [0.2, 0.25) is 5.91 Å². The van der Waals surface area contributed by atoms with Crippen LogP contribution in [0.5, 0.6) is 0 Å². The molecule has 0 unspecified atom stereocenters. The molecule has 0 saturated carbocycles. The maximum absolute atomic E-state index is 12.7. The van der Waals surface area contributed by atoms with Crippen LogP contribution in [0.15, 0.2) is 48.9 Å². The third-order valence-electron chi connectivity index (χ3n) is 5.17. The summed E-state index contributed by atoms with van der Waals surface area (Å²) in [6.45, 7) is 1.69. The molecule has 0 spiro atoms. The zero-order valence-electron chi connectivity index (χ0n) is 14.4. The van der Waals surface area contributed by atoms with E-state index in [1.54, 1.807) is 6.20 Å². The van der Waals surface area contributed by atoms with Crippen LogP contribution in [0.3, 0.4) is 0 Å². The van der Waals surface area contributed by atoms with Crippen LogP contribution in [0, 0.1) is 0 Å². The van der Waals surface area contributed by atoms with Gasteiger partial charge in [-0.3, -0.25) is 9.48 Å². The summed E-state index contributed by atoms with van der Waals surface area (Å²) in [5, 5.41) is 5.54. The minimum Gasteiger partial charge on any atom is -0.361 e. The van der Waals surface area contributed by atoms with Crippen LogP contribution >= 0.6 is 0 Å². The van der Waals surface area contributed by atoms with Crippen molar-refractivity contribution in [2.75, 3.05) is 6.54 Å². The number of hydrogen-bond donors (Lipinski definition) is 1. The molecule has 2 aromatic heterocycles. The fourth-order valence-electron chi connectivity index (χ4n) is 3.89. The van der Waals surface area contributed by atoms with Gasteiger partial charge in [-0.25, -0.2) is 0 Å². The van der Waals surface area contributed by atoms with Gasteiger partial charge in [0.25, 0.3) is 0 Å². The Bertz CT molecular complexity index is 836. The fraction of sp³-hybridized carbons (Fsp3) is 0.400. The second kappa shape index (κ2) is 7.13. The lowest BCUT2D eigenvalue weighted by molar-refractivity contribution is -0.132. The van der Waals surface area contributed by atoms with E-state index < -0.39 is 0 Å². The number of carbonyl (C=O) groups is 1. The lowest BCUT2D eigenvalue weighted by Gasteiger charge is -2.24. The molecule has 3 aromatic rings. The monoisotopic (exact) mass is 336 g/mol. The summed E-state index contributed by atoms with van der Waals surface area (Å²) in [6, 6.07) is 10.6. The standard InChI is InChI=1S/C20H24N4O/c25-20(24-13-4-7-17(24)15-23-12-5-11-22-23)10-3-6-16-14-21-19-9-2-1-8-18(16)19/h1-2,5,8-9,11-12,14,17,21H,3-4,6-7,10,13,15H2/t17-/m0/s1. The zero-order valence-corrected chi connectivity index (χ0v) is 14.4. The highest BCUT2D eigenvalue weighted by molar-refractivity contribution is 5.83. The first-order valence-electron chi connectivity index (χ1n) is 9.13. The Morgan fingerprint density at radius 3 is 3.08 bits per heavy atom. The minimum absolute atomic E-state index is 0.287. The van der Waals surface area contributed by atoms with E-state index >= 15 is 0 Å². The fourth-order valence-corrected chi connectivity index (χ4v) is 3.89. The Morgan fingerprint density at radius 2 is 2.20 bits per heavy atom. The molecule has 1 amide bonds. The number of rotatable bonds is 6. The van der Waals surface area contributed by atoms with Gasteiger partial charge >= 0.3 is 0 Å². The molecule has 1 aliphatic rings. The number of H-pyrrole nitrogens is 1. The second-order valence-corrected chi connectivity index (χ2v) is 6.82. The second-order valence-electron chi connectivity index (χ2n) is 6.82. The molecule has 0 bridgehead atoms. The SMILES string of the molecule is O=C(CCCc1c[nH]c2ccccc12)N1CCC[C@H]1Cn1cccn1. The molecular formula is C20H24N4O. The Labute approximate surface area is 147 Å².